The molecule has 2 aromatic carbocycles. The molecule has 24 heavy (non-hydrogen) atoms. The van der Waals surface area contributed by atoms with Gasteiger partial charge in [0.2, 0.25) is 5.91 Å². The van der Waals surface area contributed by atoms with Gasteiger partial charge in [0, 0.05) is 23.0 Å². The monoisotopic (exact) mass is 326 g/mol. The highest BCUT2D eigenvalue weighted by Crippen LogP contribution is 2.31. The zero-order chi connectivity index (χ0) is 16.9. The Bertz CT molecular complexity index is 840. The number of halogens is 1. The van der Waals surface area contributed by atoms with Gasteiger partial charge in [0.05, 0.1) is 6.61 Å². The van der Waals surface area contributed by atoms with Crippen molar-refractivity contribution in [3.05, 3.63) is 59.9 Å². The lowest BCUT2D eigenvalue weighted by Gasteiger charge is -2.06. The second kappa shape index (κ2) is 7.27. The maximum Gasteiger partial charge on any atom is 0.243 e. The van der Waals surface area contributed by atoms with Gasteiger partial charge in [-0.2, -0.15) is 0 Å². The molecule has 3 rings (SSSR count). The molecule has 1 aromatic heterocycles. The number of hydroxylamine groups is 1. The molecule has 0 aliphatic heterocycles. The van der Waals surface area contributed by atoms with Crippen LogP contribution in [0.1, 0.15) is 18.9 Å². The first-order chi connectivity index (χ1) is 11.7. The van der Waals surface area contributed by atoms with Crippen LogP contribution in [-0.4, -0.2) is 17.5 Å². The fourth-order valence-corrected chi connectivity index (χ4v) is 2.76. The van der Waals surface area contributed by atoms with Gasteiger partial charge in [-0.05, 0) is 54.8 Å². The van der Waals surface area contributed by atoms with E-state index in [9.17, 15) is 9.18 Å². The van der Waals surface area contributed by atoms with Crippen molar-refractivity contribution in [2.24, 2.45) is 0 Å². The van der Waals surface area contributed by atoms with Crippen molar-refractivity contribution in [3.63, 3.8) is 0 Å². The van der Waals surface area contributed by atoms with Crippen LogP contribution in [0.25, 0.3) is 22.2 Å². The lowest BCUT2D eigenvalue weighted by Crippen LogP contribution is -2.23. The smallest absolute Gasteiger partial charge is 0.243 e. The van der Waals surface area contributed by atoms with E-state index in [1.54, 1.807) is 12.1 Å². The van der Waals surface area contributed by atoms with E-state index in [1.165, 1.54) is 12.1 Å². The number of hydrogen-bond donors (Lipinski definition) is 2. The SMILES string of the molecule is CCONC(=O)CCc1c(-c2ccc(F)cc2)[nH]c2ccccc12. The van der Waals surface area contributed by atoms with Gasteiger partial charge in [-0.25, -0.2) is 9.87 Å². The number of H-pyrrole nitrogens is 1. The number of fused-ring (bicyclic) bond motifs is 1. The third kappa shape index (κ3) is 3.46. The molecule has 0 fully saturated rings. The largest absolute Gasteiger partial charge is 0.354 e. The molecule has 0 unspecified atom stereocenters. The number of nitrogens with one attached hydrogen (secondary N) is 2. The number of aryl methyl sites for hydroxylation is 1. The molecule has 0 atom stereocenters. The summed E-state index contributed by atoms with van der Waals surface area (Å²) >= 11 is 0. The number of amides is 1. The molecule has 0 aliphatic carbocycles. The molecule has 1 amide bonds. The van der Waals surface area contributed by atoms with Crippen LogP contribution < -0.4 is 5.48 Å². The lowest BCUT2D eigenvalue weighted by atomic mass is 10.0. The van der Waals surface area contributed by atoms with E-state index in [0.717, 1.165) is 27.7 Å². The fourth-order valence-electron chi connectivity index (χ4n) is 2.76. The lowest BCUT2D eigenvalue weighted by molar-refractivity contribution is -0.133. The topological polar surface area (TPSA) is 54.1 Å². The average Bonchev–Trinajstić information content (AvgIpc) is 2.97. The van der Waals surface area contributed by atoms with Gasteiger partial charge < -0.3 is 4.98 Å². The molecular weight excluding hydrogens is 307 g/mol. The van der Waals surface area contributed by atoms with Crippen molar-refractivity contribution in [2.45, 2.75) is 19.8 Å². The van der Waals surface area contributed by atoms with E-state index in [-0.39, 0.29) is 11.7 Å². The predicted molar refractivity (Wildman–Crippen MR) is 91.8 cm³/mol. The number of aromatic nitrogens is 1. The normalized spacial score (nSPS) is 10.9. The van der Waals surface area contributed by atoms with Crippen molar-refractivity contribution in [1.29, 1.82) is 0 Å². The van der Waals surface area contributed by atoms with Gasteiger partial charge in [0.25, 0.3) is 0 Å². The standard InChI is InChI=1S/C19H19FN2O2/c1-2-24-22-18(23)12-11-16-15-5-3-4-6-17(15)21-19(16)13-7-9-14(20)10-8-13/h3-10,21H,2,11-12H2,1H3,(H,22,23). The highest BCUT2D eigenvalue weighted by Gasteiger charge is 2.14. The van der Waals surface area contributed by atoms with Gasteiger partial charge in [0.1, 0.15) is 5.82 Å². The third-order valence-electron chi connectivity index (χ3n) is 3.88. The van der Waals surface area contributed by atoms with Crippen LogP contribution in [0.4, 0.5) is 4.39 Å². The van der Waals surface area contributed by atoms with Gasteiger partial charge in [-0.3, -0.25) is 9.63 Å². The first-order valence-corrected chi connectivity index (χ1v) is 7.95. The zero-order valence-corrected chi connectivity index (χ0v) is 13.4. The average molecular weight is 326 g/mol. The number of carbonyl (C=O) groups excluding carboxylic acids is 1. The number of benzene rings is 2. The minimum Gasteiger partial charge on any atom is -0.354 e. The van der Waals surface area contributed by atoms with Crippen molar-refractivity contribution in [2.75, 3.05) is 6.61 Å². The van der Waals surface area contributed by atoms with Crippen molar-refractivity contribution < 1.29 is 14.0 Å². The van der Waals surface area contributed by atoms with Crippen molar-refractivity contribution in [1.82, 2.24) is 10.5 Å². The molecule has 0 bridgehead atoms. The zero-order valence-electron chi connectivity index (χ0n) is 13.4. The Morgan fingerprint density at radius 2 is 1.92 bits per heavy atom. The van der Waals surface area contributed by atoms with E-state index in [1.807, 2.05) is 31.2 Å². The molecule has 1 heterocycles. The second-order valence-corrected chi connectivity index (χ2v) is 5.49. The minimum absolute atomic E-state index is 0.160. The van der Waals surface area contributed by atoms with Crippen molar-refractivity contribution in [3.8, 4) is 11.3 Å². The van der Waals surface area contributed by atoms with E-state index >= 15 is 0 Å². The van der Waals surface area contributed by atoms with E-state index < -0.39 is 0 Å². The van der Waals surface area contributed by atoms with Gasteiger partial charge in [0.15, 0.2) is 0 Å². The molecular formula is C19H19FN2O2. The summed E-state index contributed by atoms with van der Waals surface area (Å²) in [6, 6.07) is 14.3. The van der Waals surface area contributed by atoms with Gasteiger partial charge >= 0.3 is 0 Å². The number of para-hydroxylation sites is 1. The summed E-state index contributed by atoms with van der Waals surface area (Å²) in [5.74, 6) is -0.431. The van der Waals surface area contributed by atoms with Crippen LogP contribution in [0.15, 0.2) is 48.5 Å². The Morgan fingerprint density at radius 1 is 1.17 bits per heavy atom. The first kappa shape index (κ1) is 16.2. The molecule has 0 radical (unpaired) electrons. The Kier molecular flexibility index (Phi) is 4.91. The fraction of sp³-hybridized carbons (Fsp3) is 0.211. The van der Waals surface area contributed by atoms with Crippen LogP contribution >= 0.6 is 0 Å². The number of hydrogen-bond acceptors (Lipinski definition) is 2. The van der Waals surface area contributed by atoms with Crippen LogP contribution in [-0.2, 0) is 16.1 Å². The predicted octanol–water partition coefficient (Wildman–Crippen LogP) is 3.97. The van der Waals surface area contributed by atoms with Crippen LogP contribution in [0, 0.1) is 5.82 Å². The summed E-state index contributed by atoms with van der Waals surface area (Å²) in [5.41, 5.74) is 6.27. The molecule has 0 saturated carbocycles. The Balaban J connectivity index is 1.93. The van der Waals surface area contributed by atoms with Crippen molar-refractivity contribution >= 4 is 16.8 Å². The summed E-state index contributed by atoms with van der Waals surface area (Å²) < 4.78 is 13.2. The Morgan fingerprint density at radius 3 is 2.67 bits per heavy atom. The van der Waals surface area contributed by atoms with Crippen LogP contribution in [0.5, 0.6) is 0 Å². The molecule has 3 aromatic rings. The summed E-state index contributed by atoms with van der Waals surface area (Å²) in [6.45, 7) is 2.24. The number of carbonyl (C=O) groups is 1. The van der Waals surface area contributed by atoms with Crippen LogP contribution in [0.2, 0.25) is 0 Å². The highest BCUT2D eigenvalue weighted by molar-refractivity contribution is 5.91. The number of aromatic amines is 1. The van der Waals surface area contributed by atoms with E-state index in [4.69, 9.17) is 4.84 Å². The van der Waals surface area contributed by atoms with Gasteiger partial charge in [-0.1, -0.05) is 18.2 Å². The quantitative estimate of drug-likeness (QED) is 0.673. The second-order valence-electron chi connectivity index (χ2n) is 5.49. The Hall–Kier alpha value is -2.66. The summed E-state index contributed by atoms with van der Waals surface area (Å²) in [5, 5.41) is 1.07. The molecule has 124 valence electrons. The summed E-state index contributed by atoms with van der Waals surface area (Å²) in [7, 11) is 0. The van der Waals surface area contributed by atoms with E-state index in [0.29, 0.717) is 19.4 Å². The summed E-state index contributed by atoms with van der Waals surface area (Å²) in [4.78, 5) is 20.1. The highest BCUT2D eigenvalue weighted by atomic mass is 19.1. The summed E-state index contributed by atoms with van der Waals surface area (Å²) in [6.07, 6.45) is 0.881. The molecule has 2 N–H and O–H groups in total. The maximum absolute atomic E-state index is 13.2. The van der Waals surface area contributed by atoms with Crippen LogP contribution in [0.3, 0.4) is 0 Å². The molecule has 0 saturated heterocycles. The third-order valence-corrected chi connectivity index (χ3v) is 3.88. The molecule has 0 aliphatic rings. The first-order valence-electron chi connectivity index (χ1n) is 7.95. The van der Waals surface area contributed by atoms with E-state index in [2.05, 4.69) is 10.5 Å². The molecule has 5 heteroatoms. The Labute approximate surface area is 139 Å². The van der Waals surface area contributed by atoms with Gasteiger partial charge in [-0.15, -0.1) is 0 Å². The number of rotatable bonds is 6. The molecule has 0 spiro atoms. The minimum atomic E-state index is -0.271. The molecule has 4 nitrogen and oxygen atoms in total. The maximum atomic E-state index is 13.2.